The van der Waals surface area contributed by atoms with Crippen molar-refractivity contribution >= 4 is 28.6 Å². The largest absolute Gasteiger partial charge is 0.492 e. The van der Waals surface area contributed by atoms with E-state index in [4.69, 9.17) is 4.74 Å². The number of ether oxygens (including phenoxy) is 1. The predicted octanol–water partition coefficient (Wildman–Crippen LogP) is 2.59. The zero-order valence-electron chi connectivity index (χ0n) is 16.3. The predicted molar refractivity (Wildman–Crippen MR) is 109 cm³/mol. The van der Waals surface area contributed by atoms with Crippen LogP contribution in [0.5, 0.6) is 5.75 Å². The van der Waals surface area contributed by atoms with Gasteiger partial charge in [-0.15, -0.1) is 0 Å². The number of hydrogen-bond acceptors (Lipinski definition) is 4. The van der Waals surface area contributed by atoms with Crippen LogP contribution in [0.25, 0.3) is 10.8 Å². The second kappa shape index (κ2) is 8.11. The third kappa shape index (κ3) is 4.04. The standard InChI is InChI=1S/C22H25N3O4/c26-19(9-13-25-20(27)22(24-21(25)28)10-3-4-11-22)23-12-14-29-18-8-7-16-5-1-2-6-17(16)15-18/h1-2,5-8,15H,3-4,9-14H2,(H,23,26)(H,24,28). The third-order valence-corrected chi connectivity index (χ3v) is 5.68. The Balaban J connectivity index is 1.19. The van der Waals surface area contributed by atoms with Gasteiger partial charge in [0.15, 0.2) is 0 Å². The second-order valence-electron chi connectivity index (χ2n) is 7.63. The number of nitrogens with one attached hydrogen (secondary N) is 2. The summed E-state index contributed by atoms with van der Waals surface area (Å²) in [5, 5.41) is 7.84. The van der Waals surface area contributed by atoms with E-state index in [1.165, 1.54) is 4.90 Å². The molecule has 2 N–H and O–H groups in total. The maximum Gasteiger partial charge on any atom is 0.325 e. The summed E-state index contributed by atoms with van der Waals surface area (Å²) in [5.74, 6) is 0.353. The molecule has 1 saturated carbocycles. The van der Waals surface area contributed by atoms with E-state index in [1.54, 1.807) is 0 Å². The number of fused-ring (bicyclic) bond motifs is 1. The number of carbonyl (C=O) groups excluding carboxylic acids is 3. The van der Waals surface area contributed by atoms with Gasteiger partial charge in [-0.2, -0.15) is 0 Å². The summed E-state index contributed by atoms with van der Waals surface area (Å²) in [6, 6.07) is 13.5. The quantitative estimate of drug-likeness (QED) is 0.557. The van der Waals surface area contributed by atoms with Crippen molar-refractivity contribution in [2.45, 2.75) is 37.6 Å². The molecule has 0 aromatic heterocycles. The molecule has 0 radical (unpaired) electrons. The Bertz CT molecular complexity index is 937. The van der Waals surface area contributed by atoms with E-state index < -0.39 is 5.54 Å². The van der Waals surface area contributed by atoms with E-state index in [-0.39, 0.29) is 30.8 Å². The van der Waals surface area contributed by atoms with Gasteiger partial charge in [0.1, 0.15) is 17.9 Å². The number of amides is 4. The molecule has 0 bridgehead atoms. The van der Waals surface area contributed by atoms with Crippen LogP contribution in [0.3, 0.4) is 0 Å². The highest BCUT2D eigenvalue weighted by Crippen LogP contribution is 2.35. The van der Waals surface area contributed by atoms with Crippen molar-refractivity contribution in [3.63, 3.8) is 0 Å². The molecule has 1 aliphatic carbocycles. The fourth-order valence-corrected chi connectivity index (χ4v) is 4.11. The lowest BCUT2D eigenvalue weighted by molar-refractivity contribution is -0.131. The average Bonchev–Trinajstić information content (AvgIpc) is 3.29. The van der Waals surface area contributed by atoms with Crippen LogP contribution in [0.15, 0.2) is 42.5 Å². The van der Waals surface area contributed by atoms with E-state index in [2.05, 4.69) is 10.6 Å². The van der Waals surface area contributed by atoms with Crippen LogP contribution < -0.4 is 15.4 Å². The van der Waals surface area contributed by atoms with Crippen molar-refractivity contribution in [1.29, 1.82) is 0 Å². The molecule has 4 amide bonds. The van der Waals surface area contributed by atoms with Gasteiger partial charge in [0, 0.05) is 13.0 Å². The van der Waals surface area contributed by atoms with Crippen LogP contribution in [0, 0.1) is 0 Å². The molecule has 1 spiro atoms. The Morgan fingerprint density at radius 2 is 1.86 bits per heavy atom. The monoisotopic (exact) mass is 395 g/mol. The van der Waals surface area contributed by atoms with Crippen molar-refractivity contribution in [3.05, 3.63) is 42.5 Å². The second-order valence-corrected chi connectivity index (χ2v) is 7.63. The maximum absolute atomic E-state index is 12.6. The van der Waals surface area contributed by atoms with Crippen LogP contribution in [0.4, 0.5) is 4.79 Å². The summed E-state index contributed by atoms with van der Waals surface area (Å²) in [6.07, 6.45) is 3.35. The minimum atomic E-state index is -0.721. The van der Waals surface area contributed by atoms with Gasteiger partial charge >= 0.3 is 6.03 Å². The van der Waals surface area contributed by atoms with Gasteiger partial charge in [-0.05, 0) is 35.7 Å². The maximum atomic E-state index is 12.6. The van der Waals surface area contributed by atoms with Gasteiger partial charge in [0.05, 0.1) is 6.54 Å². The molecule has 4 rings (SSSR count). The fourth-order valence-electron chi connectivity index (χ4n) is 4.11. The topological polar surface area (TPSA) is 87.7 Å². The summed E-state index contributed by atoms with van der Waals surface area (Å²) in [7, 11) is 0. The molecule has 7 heteroatoms. The first-order valence-electron chi connectivity index (χ1n) is 10.1. The SMILES string of the molecule is O=C(CCN1C(=O)NC2(CCCC2)C1=O)NCCOc1ccc2ccccc2c1. The molecular formula is C22H25N3O4. The van der Waals surface area contributed by atoms with E-state index in [0.717, 1.165) is 29.4 Å². The lowest BCUT2D eigenvalue weighted by Gasteiger charge is -2.19. The highest BCUT2D eigenvalue weighted by molar-refractivity contribution is 6.07. The van der Waals surface area contributed by atoms with E-state index in [1.807, 2.05) is 42.5 Å². The lowest BCUT2D eigenvalue weighted by atomic mass is 9.98. The summed E-state index contributed by atoms with van der Waals surface area (Å²) >= 11 is 0. The molecule has 2 aromatic carbocycles. The van der Waals surface area contributed by atoms with E-state index >= 15 is 0 Å². The van der Waals surface area contributed by atoms with Gasteiger partial charge in [0.2, 0.25) is 5.91 Å². The third-order valence-electron chi connectivity index (χ3n) is 5.68. The zero-order valence-corrected chi connectivity index (χ0v) is 16.3. The minimum Gasteiger partial charge on any atom is -0.492 e. The number of urea groups is 1. The summed E-state index contributed by atoms with van der Waals surface area (Å²) in [5.41, 5.74) is -0.721. The average molecular weight is 395 g/mol. The Morgan fingerprint density at radius 1 is 1.10 bits per heavy atom. The number of nitrogens with zero attached hydrogens (tertiary/aromatic N) is 1. The van der Waals surface area contributed by atoms with Crippen LogP contribution in [-0.4, -0.2) is 48.0 Å². The van der Waals surface area contributed by atoms with E-state index in [0.29, 0.717) is 26.0 Å². The summed E-state index contributed by atoms with van der Waals surface area (Å²) < 4.78 is 5.70. The summed E-state index contributed by atoms with van der Waals surface area (Å²) in [4.78, 5) is 37.9. The number of imide groups is 1. The molecule has 2 fully saturated rings. The first kappa shape index (κ1) is 19.2. The first-order chi connectivity index (χ1) is 14.1. The number of carbonyl (C=O) groups is 3. The van der Waals surface area contributed by atoms with Crippen LogP contribution in [-0.2, 0) is 9.59 Å². The Morgan fingerprint density at radius 3 is 2.66 bits per heavy atom. The van der Waals surface area contributed by atoms with Crippen LogP contribution in [0.1, 0.15) is 32.1 Å². The first-order valence-corrected chi connectivity index (χ1v) is 10.1. The number of rotatable bonds is 7. The Labute approximate surface area is 169 Å². The molecule has 29 heavy (non-hydrogen) atoms. The number of benzene rings is 2. The molecule has 1 heterocycles. The molecule has 1 saturated heterocycles. The summed E-state index contributed by atoms with van der Waals surface area (Å²) in [6.45, 7) is 0.801. The zero-order chi connectivity index (χ0) is 20.3. The normalized spacial score (nSPS) is 17.7. The molecule has 0 unspecified atom stereocenters. The highest BCUT2D eigenvalue weighted by atomic mass is 16.5. The van der Waals surface area contributed by atoms with Crippen molar-refractivity contribution in [3.8, 4) is 5.75 Å². The van der Waals surface area contributed by atoms with Gasteiger partial charge in [-0.3, -0.25) is 14.5 Å². The molecular weight excluding hydrogens is 370 g/mol. The smallest absolute Gasteiger partial charge is 0.325 e. The van der Waals surface area contributed by atoms with Crippen LogP contribution in [0.2, 0.25) is 0 Å². The van der Waals surface area contributed by atoms with Crippen LogP contribution >= 0.6 is 0 Å². The molecule has 2 aliphatic rings. The lowest BCUT2D eigenvalue weighted by Crippen LogP contribution is -2.44. The molecule has 7 nitrogen and oxygen atoms in total. The number of hydrogen-bond donors (Lipinski definition) is 2. The van der Waals surface area contributed by atoms with Crippen molar-refractivity contribution in [2.24, 2.45) is 0 Å². The Kier molecular flexibility index (Phi) is 5.38. The van der Waals surface area contributed by atoms with Gasteiger partial charge in [0.25, 0.3) is 5.91 Å². The molecule has 2 aromatic rings. The highest BCUT2D eigenvalue weighted by Gasteiger charge is 2.52. The molecule has 1 aliphatic heterocycles. The fraction of sp³-hybridized carbons (Fsp3) is 0.409. The van der Waals surface area contributed by atoms with E-state index in [9.17, 15) is 14.4 Å². The minimum absolute atomic E-state index is 0.0885. The Hall–Kier alpha value is -3.09. The van der Waals surface area contributed by atoms with Crippen molar-refractivity contribution < 1.29 is 19.1 Å². The van der Waals surface area contributed by atoms with Gasteiger partial charge in [-0.1, -0.05) is 43.2 Å². The van der Waals surface area contributed by atoms with Crippen molar-refractivity contribution in [1.82, 2.24) is 15.5 Å². The van der Waals surface area contributed by atoms with Gasteiger partial charge < -0.3 is 15.4 Å². The van der Waals surface area contributed by atoms with Gasteiger partial charge in [-0.25, -0.2) is 4.79 Å². The molecule has 152 valence electrons. The molecule has 0 atom stereocenters. The van der Waals surface area contributed by atoms with Crippen molar-refractivity contribution in [2.75, 3.05) is 19.7 Å².